The van der Waals surface area contributed by atoms with Crippen LogP contribution >= 0.6 is 38.6 Å². The number of benzene rings is 2. The summed E-state index contributed by atoms with van der Waals surface area (Å²) in [5, 5.41) is 8.12. The summed E-state index contributed by atoms with van der Waals surface area (Å²) in [6.45, 7) is 25.1. The van der Waals surface area contributed by atoms with Gasteiger partial charge in [0.1, 0.15) is 0 Å². The average molecular weight is 1250 g/mol. The van der Waals surface area contributed by atoms with Crippen LogP contribution in [0.2, 0.25) is 0 Å². The Bertz CT molecular complexity index is 2840. The first-order chi connectivity index (χ1) is 37.6. The van der Waals surface area contributed by atoms with Gasteiger partial charge in [-0.15, -0.1) is 22.7 Å². The molecule has 4 fully saturated rings. The number of nitrogens with one attached hydrogen (secondary N) is 4. The molecule has 0 spiro atoms. The first kappa shape index (κ1) is 65.5. The number of hydrogen-bond acceptors (Lipinski definition) is 16. The number of nitrogens with zero attached hydrogens (tertiary/aromatic N) is 2. The van der Waals surface area contributed by atoms with Crippen LogP contribution in [0.5, 0.6) is 0 Å². The minimum absolute atomic E-state index is 0.0565. The number of aromatic nitrogens is 2. The lowest BCUT2D eigenvalue weighted by Gasteiger charge is -2.30. The van der Waals surface area contributed by atoms with Gasteiger partial charge in [0.05, 0.1) is 74.3 Å². The van der Waals surface area contributed by atoms with Crippen LogP contribution in [0.25, 0.3) is 10.4 Å². The van der Waals surface area contributed by atoms with Gasteiger partial charge in [-0.05, 0) is 156 Å². The monoisotopic (exact) mass is 1250 g/mol. The molecule has 446 valence electrons. The maximum atomic E-state index is 13.5. The third kappa shape index (κ3) is 21.5. The molecule has 4 aliphatic rings. The van der Waals surface area contributed by atoms with Crippen molar-refractivity contribution in [1.29, 1.82) is 0 Å². The van der Waals surface area contributed by atoms with Crippen molar-refractivity contribution in [2.45, 2.75) is 198 Å². The van der Waals surface area contributed by atoms with E-state index < -0.39 is 31.1 Å². The van der Waals surface area contributed by atoms with E-state index in [0.717, 1.165) is 81.7 Å². The van der Waals surface area contributed by atoms with Gasteiger partial charge in [-0.2, -0.15) is 0 Å². The van der Waals surface area contributed by atoms with Crippen molar-refractivity contribution in [1.82, 2.24) is 30.0 Å². The van der Waals surface area contributed by atoms with E-state index >= 15 is 0 Å². The zero-order valence-electron chi connectivity index (χ0n) is 48.4. The highest BCUT2D eigenvalue weighted by Crippen LogP contribution is 2.40. The number of amides is 2. The molecule has 0 atom stereocenters. The highest BCUT2D eigenvalue weighted by molar-refractivity contribution is 9.11. The zero-order valence-corrected chi connectivity index (χ0v) is 53.2. The molecule has 2 aliphatic carbocycles. The second-order valence-electron chi connectivity index (χ2n) is 24.0. The molecule has 2 saturated heterocycles. The molecule has 2 aromatic carbocycles. The van der Waals surface area contributed by atoms with Gasteiger partial charge in [0, 0.05) is 60.0 Å². The number of carbonyl (C=O) groups is 2. The zero-order chi connectivity index (χ0) is 58.4. The second kappa shape index (κ2) is 29.8. The van der Waals surface area contributed by atoms with Gasteiger partial charge >= 0.3 is 12.2 Å². The molecule has 0 bridgehead atoms. The predicted molar refractivity (Wildman–Crippen MR) is 316 cm³/mol. The van der Waals surface area contributed by atoms with Crippen LogP contribution in [0, 0.1) is 18.8 Å². The van der Waals surface area contributed by atoms with E-state index in [2.05, 4.69) is 68.7 Å². The summed E-state index contributed by atoms with van der Waals surface area (Å²) < 4.78 is 90.3. The van der Waals surface area contributed by atoms with E-state index in [1.165, 1.54) is 5.01 Å². The maximum Gasteiger partial charge on any atom is 0.407 e. The van der Waals surface area contributed by atoms with Crippen molar-refractivity contribution in [3.05, 3.63) is 79.3 Å². The van der Waals surface area contributed by atoms with Crippen LogP contribution in [-0.2, 0) is 61.7 Å². The van der Waals surface area contributed by atoms with Gasteiger partial charge in [-0.3, -0.25) is 0 Å². The molecule has 2 saturated carbocycles. The van der Waals surface area contributed by atoms with Crippen molar-refractivity contribution in [2.24, 2.45) is 11.8 Å². The van der Waals surface area contributed by atoms with E-state index in [4.69, 9.17) is 33.4 Å². The molecule has 4 heterocycles. The van der Waals surface area contributed by atoms with Gasteiger partial charge in [0.2, 0.25) is 20.0 Å². The standard InChI is InChI=1S/C28H41N3O6S2.C16H27NO3S.C13H17BrN2O3S/c1-18(2)14-35-15-19-6-11-23(25(12-19)39(33,34)31-28(3,4)5)24-13-29-26(38-24)20-7-9-21(10-8-20)30-27(32)37-22-16-36-17-22;1-12(2)10-20-11-14-8-7-13(3)15(9-14)21(18,19)17-16(4,5)6;14-11-5-15-12(20-11)8-1-3-9(4-2-8)16-13(17)19-10-6-18-7-10/h6,11-13,18,20-22,31H,7-10,14-17H2,1-5H3,(H,30,32);7-9,12,17H,10-11H2,1-6H3;5,8-10H,1-4,6-7H2,(H,16,17). The van der Waals surface area contributed by atoms with Crippen LogP contribution in [0.1, 0.15) is 159 Å². The molecule has 2 aliphatic heterocycles. The summed E-state index contributed by atoms with van der Waals surface area (Å²) in [5.74, 6) is 1.66. The normalized spacial score (nSPS) is 20.1. The highest BCUT2D eigenvalue weighted by Gasteiger charge is 2.32. The second-order valence-corrected chi connectivity index (χ2v) is 30.8. The number of carbonyl (C=O) groups excluding carboxylic acids is 2. The largest absolute Gasteiger partial charge is 0.441 e. The predicted octanol–water partition coefficient (Wildman–Crippen LogP) is 11.5. The SMILES string of the molecule is CC(C)COCc1ccc(-c2cnc(C3CCC(NC(=O)OC4COC4)CC3)s2)c(S(=O)(=O)NC(C)(C)C)c1.Cc1ccc(COCC(C)C)cc1S(=O)(=O)NC(C)(C)C.O=C(NC1CCC(c2ncc(Br)s2)CC1)OC1COC1. The number of sulfonamides is 2. The number of ether oxygens (including phenoxy) is 6. The summed E-state index contributed by atoms with van der Waals surface area (Å²) in [4.78, 5) is 34.3. The molecule has 4 N–H and O–H groups in total. The van der Waals surface area contributed by atoms with Crippen molar-refractivity contribution >= 4 is 70.8 Å². The van der Waals surface area contributed by atoms with E-state index in [1.807, 2.05) is 72.0 Å². The number of aryl methyl sites for hydroxylation is 1. The first-order valence-electron chi connectivity index (χ1n) is 27.7. The molecule has 18 nitrogen and oxygen atoms in total. The summed E-state index contributed by atoms with van der Waals surface area (Å²) in [5.41, 5.74) is 1.93. The van der Waals surface area contributed by atoms with Crippen LogP contribution in [0.3, 0.4) is 0 Å². The van der Waals surface area contributed by atoms with Crippen LogP contribution in [0.15, 0.2) is 62.4 Å². The molecular formula is C57H85BrN6O12S4. The number of rotatable bonds is 19. The van der Waals surface area contributed by atoms with E-state index in [9.17, 15) is 26.4 Å². The molecule has 2 amide bonds. The Balaban J connectivity index is 0.000000212. The summed E-state index contributed by atoms with van der Waals surface area (Å²) in [6, 6.07) is 11.2. The summed E-state index contributed by atoms with van der Waals surface area (Å²) >= 11 is 6.70. The molecule has 80 heavy (non-hydrogen) atoms. The quantitative estimate of drug-likeness (QED) is 0.0684. The minimum atomic E-state index is -3.79. The number of halogens is 1. The molecule has 8 rings (SSSR count). The van der Waals surface area contributed by atoms with Gasteiger partial charge in [0.25, 0.3) is 0 Å². The lowest BCUT2D eigenvalue weighted by atomic mass is 9.86. The van der Waals surface area contributed by atoms with Crippen LogP contribution < -0.4 is 20.1 Å². The van der Waals surface area contributed by atoms with Gasteiger partial charge in [-0.25, -0.2) is 45.8 Å². The molecule has 2 aromatic heterocycles. The fourth-order valence-corrected chi connectivity index (χ4v) is 15.2. The topological polar surface area (TPSA) is 232 Å². The number of thiazole rings is 2. The lowest BCUT2D eigenvalue weighted by Crippen LogP contribution is -2.44. The third-order valence-corrected chi connectivity index (χ3v) is 19.6. The highest BCUT2D eigenvalue weighted by atomic mass is 79.9. The number of hydrogen-bond donors (Lipinski definition) is 4. The van der Waals surface area contributed by atoms with Gasteiger partial charge < -0.3 is 39.1 Å². The Labute approximate surface area is 491 Å². The first-order valence-corrected chi connectivity index (χ1v) is 33.1. The smallest absolute Gasteiger partial charge is 0.407 e. The van der Waals surface area contributed by atoms with Crippen molar-refractivity contribution < 1.29 is 54.8 Å². The Morgan fingerprint density at radius 1 is 0.637 bits per heavy atom. The number of alkyl carbamates (subject to hydrolysis) is 2. The van der Waals surface area contributed by atoms with Gasteiger partial charge in [-0.1, -0.05) is 52.0 Å². The fraction of sp³-hybridized carbons (Fsp3) is 0.649. The maximum absolute atomic E-state index is 13.5. The average Bonchev–Trinajstić information content (AvgIpc) is 4.01. The van der Waals surface area contributed by atoms with Crippen molar-refractivity contribution in [3.63, 3.8) is 0 Å². The minimum Gasteiger partial charge on any atom is -0.441 e. The van der Waals surface area contributed by atoms with E-state index in [-0.39, 0.29) is 47.3 Å². The Morgan fingerprint density at radius 2 is 1.06 bits per heavy atom. The molecule has 0 radical (unpaired) electrons. The molecular weight excluding hydrogens is 1170 g/mol. The summed E-state index contributed by atoms with van der Waals surface area (Å²) in [6.07, 6.45) is 10.4. The van der Waals surface area contributed by atoms with E-state index in [0.29, 0.717) is 81.1 Å². The molecule has 0 unspecified atom stereocenters. The van der Waals surface area contributed by atoms with Crippen molar-refractivity contribution in [2.75, 3.05) is 39.6 Å². The Morgan fingerprint density at radius 3 is 1.48 bits per heavy atom. The molecule has 23 heteroatoms. The van der Waals surface area contributed by atoms with Crippen LogP contribution in [-0.4, -0.2) is 114 Å². The lowest BCUT2D eigenvalue weighted by molar-refractivity contribution is -0.0985. The van der Waals surface area contributed by atoms with Crippen molar-refractivity contribution in [3.8, 4) is 10.4 Å². The third-order valence-electron chi connectivity index (χ3n) is 13.0. The van der Waals surface area contributed by atoms with Gasteiger partial charge in [0.15, 0.2) is 12.2 Å². The van der Waals surface area contributed by atoms with E-state index in [1.54, 1.807) is 47.9 Å². The molecule has 4 aromatic rings. The summed E-state index contributed by atoms with van der Waals surface area (Å²) in [7, 11) is -7.31. The Hall–Kier alpha value is -3.62. The van der Waals surface area contributed by atoms with Crippen LogP contribution in [0.4, 0.5) is 9.59 Å². The fourth-order valence-electron chi connectivity index (χ4n) is 9.14. The Kier molecular flexibility index (Phi) is 24.4.